The first-order chi connectivity index (χ1) is 31.7. The molecule has 0 amide bonds. The lowest BCUT2D eigenvalue weighted by molar-refractivity contribution is 1.17. The van der Waals surface area contributed by atoms with Gasteiger partial charge in [-0.1, -0.05) is 146 Å². The number of benzene rings is 10. The highest BCUT2D eigenvalue weighted by Crippen LogP contribution is 2.45. The van der Waals surface area contributed by atoms with E-state index < -0.39 is 0 Å². The Labute approximate surface area is 372 Å². The minimum atomic E-state index is 1.14. The summed E-state index contributed by atoms with van der Waals surface area (Å²) in [7, 11) is 0. The molecule has 14 rings (SSSR count). The highest BCUT2D eigenvalue weighted by molar-refractivity contribution is 7.26. The van der Waals surface area contributed by atoms with E-state index in [1.165, 1.54) is 114 Å². The van der Waals surface area contributed by atoms with Crippen LogP contribution in [0.1, 0.15) is 0 Å². The summed E-state index contributed by atoms with van der Waals surface area (Å²) in [6, 6.07) is 82.6. The molecule has 4 heterocycles. The number of rotatable bonds is 5. The van der Waals surface area contributed by atoms with Crippen LogP contribution in [-0.2, 0) is 0 Å². The van der Waals surface area contributed by atoms with Crippen molar-refractivity contribution < 1.29 is 0 Å². The van der Waals surface area contributed by atoms with Crippen LogP contribution < -0.4 is 0 Å². The van der Waals surface area contributed by atoms with Gasteiger partial charge in [-0.25, -0.2) is 0 Å². The van der Waals surface area contributed by atoms with Gasteiger partial charge in [0.1, 0.15) is 0 Å². The van der Waals surface area contributed by atoms with Gasteiger partial charge in [-0.05, 0) is 101 Å². The van der Waals surface area contributed by atoms with Crippen molar-refractivity contribution in [3.63, 3.8) is 0 Å². The van der Waals surface area contributed by atoms with Crippen molar-refractivity contribution >= 4 is 96.9 Å². The summed E-state index contributed by atoms with van der Waals surface area (Å²) in [5, 5.41) is 10.1. The van der Waals surface area contributed by atoms with Gasteiger partial charge in [0.2, 0.25) is 0 Å². The van der Waals surface area contributed by atoms with E-state index in [1.54, 1.807) is 0 Å². The maximum Gasteiger partial charge on any atom is 0.0719 e. The summed E-state index contributed by atoms with van der Waals surface area (Å²) >= 11 is 1.90. The molecule has 4 heteroatoms. The molecular formula is C60H37N3S. The maximum absolute atomic E-state index is 2.52. The van der Waals surface area contributed by atoms with Crippen LogP contribution in [0.5, 0.6) is 0 Å². The molecule has 0 unspecified atom stereocenters. The van der Waals surface area contributed by atoms with Gasteiger partial charge in [-0.3, -0.25) is 0 Å². The van der Waals surface area contributed by atoms with Crippen LogP contribution in [0.15, 0.2) is 224 Å². The van der Waals surface area contributed by atoms with E-state index in [2.05, 4.69) is 238 Å². The molecule has 0 saturated heterocycles. The summed E-state index contributed by atoms with van der Waals surface area (Å²) in [6.07, 6.45) is 0. The topological polar surface area (TPSA) is 14.8 Å². The Bertz CT molecular complexity index is 4090. The van der Waals surface area contributed by atoms with E-state index in [0.717, 1.165) is 11.4 Å². The molecule has 3 nitrogen and oxygen atoms in total. The second-order valence-corrected chi connectivity index (χ2v) is 17.9. The molecule has 0 radical (unpaired) electrons. The molecule has 0 saturated carbocycles. The first-order valence-electron chi connectivity index (χ1n) is 21.9. The van der Waals surface area contributed by atoms with Gasteiger partial charge >= 0.3 is 0 Å². The Balaban J connectivity index is 1.03. The zero-order chi connectivity index (χ0) is 41.9. The minimum absolute atomic E-state index is 1.14. The molecule has 0 atom stereocenters. The monoisotopic (exact) mass is 831 g/mol. The van der Waals surface area contributed by atoms with Crippen molar-refractivity contribution in [3.8, 4) is 39.3 Å². The highest BCUT2D eigenvalue weighted by Gasteiger charge is 2.21. The van der Waals surface area contributed by atoms with Crippen molar-refractivity contribution in [1.82, 2.24) is 13.7 Å². The number of para-hydroxylation sites is 4. The minimum Gasteiger partial charge on any atom is -0.309 e. The van der Waals surface area contributed by atoms with Crippen LogP contribution in [0.4, 0.5) is 0 Å². The zero-order valence-electron chi connectivity index (χ0n) is 34.6. The molecule has 14 aromatic rings. The summed E-state index contributed by atoms with van der Waals surface area (Å²) < 4.78 is 9.95. The van der Waals surface area contributed by atoms with Crippen LogP contribution in [0.2, 0.25) is 0 Å². The number of hydrogen-bond acceptors (Lipinski definition) is 1. The third-order valence-corrected chi connectivity index (χ3v) is 14.6. The van der Waals surface area contributed by atoms with E-state index in [9.17, 15) is 0 Å². The zero-order valence-corrected chi connectivity index (χ0v) is 35.4. The molecule has 0 bridgehead atoms. The van der Waals surface area contributed by atoms with Crippen LogP contribution in [0.25, 0.3) is 125 Å². The molecule has 0 spiro atoms. The van der Waals surface area contributed by atoms with Crippen molar-refractivity contribution in [2.24, 2.45) is 0 Å². The molecule has 298 valence electrons. The number of hydrogen-bond donors (Lipinski definition) is 0. The average molecular weight is 832 g/mol. The van der Waals surface area contributed by atoms with Gasteiger partial charge in [0.15, 0.2) is 0 Å². The van der Waals surface area contributed by atoms with Crippen LogP contribution in [0, 0.1) is 0 Å². The predicted molar refractivity (Wildman–Crippen MR) is 273 cm³/mol. The Morgan fingerprint density at radius 1 is 0.250 bits per heavy atom. The first-order valence-corrected chi connectivity index (χ1v) is 22.7. The van der Waals surface area contributed by atoms with E-state index >= 15 is 0 Å². The smallest absolute Gasteiger partial charge is 0.0719 e. The largest absolute Gasteiger partial charge is 0.309 e. The van der Waals surface area contributed by atoms with Gasteiger partial charge < -0.3 is 13.7 Å². The van der Waals surface area contributed by atoms with Gasteiger partial charge in [0, 0.05) is 64.9 Å². The van der Waals surface area contributed by atoms with Crippen LogP contribution in [0.3, 0.4) is 0 Å². The second-order valence-electron chi connectivity index (χ2n) is 16.9. The number of fused-ring (bicyclic) bond motifs is 13. The number of aromatic nitrogens is 3. The fourth-order valence-corrected chi connectivity index (χ4v) is 11.8. The number of thiophene rings is 1. The summed E-state index contributed by atoms with van der Waals surface area (Å²) in [5.41, 5.74) is 15.6. The average Bonchev–Trinajstić information content (AvgIpc) is 4.10. The van der Waals surface area contributed by atoms with Gasteiger partial charge in [0.05, 0.1) is 37.8 Å². The lowest BCUT2D eigenvalue weighted by Crippen LogP contribution is -1.96. The molecule has 64 heavy (non-hydrogen) atoms. The van der Waals surface area contributed by atoms with E-state index in [-0.39, 0.29) is 0 Å². The normalized spacial score (nSPS) is 12.1. The van der Waals surface area contributed by atoms with Gasteiger partial charge in [0.25, 0.3) is 0 Å². The van der Waals surface area contributed by atoms with Gasteiger partial charge in [-0.15, -0.1) is 11.3 Å². The molecule has 4 aromatic heterocycles. The molecule has 0 fully saturated rings. The van der Waals surface area contributed by atoms with Crippen molar-refractivity contribution in [2.75, 3.05) is 0 Å². The third-order valence-electron chi connectivity index (χ3n) is 13.4. The third kappa shape index (κ3) is 5.15. The van der Waals surface area contributed by atoms with E-state index in [1.807, 2.05) is 11.3 Å². The lowest BCUT2D eigenvalue weighted by Gasteiger charge is -2.12. The lowest BCUT2D eigenvalue weighted by atomic mass is 9.99. The molecule has 0 aliphatic rings. The first kappa shape index (κ1) is 35.4. The summed E-state index contributed by atoms with van der Waals surface area (Å²) in [6.45, 7) is 0. The fraction of sp³-hybridized carbons (Fsp3) is 0. The summed E-state index contributed by atoms with van der Waals surface area (Å²) in [4.78, 5) is 0. The SMILES string of the molecule is c1ccc(-c2cccc(-c3cccc(-n4c5ccc(-n6c7ccccc7c7ccccc76)cc5c5ccc6c7cc(-n8c9ccccc9c9ccccc98)ccc7sc6c54)c3)c2)cc1. The van der Waals surface area contributed by atoms with Crippen molar-refractivity contribution in [3.05, 3.63) is 224 Å². The van der Waals surface area contributed by atoms with E-state index in [4.69, 9.17) is 0 Å². The number of nitrogens with zero attached hydrogens (tertiary/aromatic N) is 3. The summed E-state index contributed by atoms with van der Waals surface area (Å²) in [5.74, 6) is 0. The second kappa shape index (κ2) is 13.7. The molecule has 0 N–H and O–H groups in total. The van der Waals surface area contributed by atoms with E-state index in [0.29, 0.717) is 0 Å². The van der Waals surface area contributed by atoms with Crippen molar-refractivity contribution in [2.45, 2.75) is 0 Å². The molecule has 0 aliphatic heterocycles. The van der Waals surface area contributed by atoms with Crippen molar-refractivity contribution in [1.29, 1.82) is 0 Å². The molecular weight excluding hydrogens is 795 g/mol. The van der Waals surface area contributed by atoms with Crippen LogP contribution >= 0.6 is 11.3 Å². The molecule has 10 aromatic carbocycles. The standard InChI is InChI=1S/C60H37N3S/c1-2-14-38(15-3-1)39-16-12-17-40(34-39)41-18-13-19-42(35-41)63-57-32-28-43(61-53-24-8-4-20-45(53)46-21-5-9-25-54(46)61)36-51(57)49-30-31-50-52-37-44(29-33-58(52)64-60(50)59(49)63)62-55-26-10-6-22-47(55)48-23-7-11-27-56(48)62/h1-37H. The maximum atomic E-state index is 2.52. The Kier molecular flexibility index (Phi) is 7.56. The highest BCUT2D eigenvalue weighted by atomic mass is 32.1. The molecule has 0 aliphatic carbocycles. The van der Waals surface area contributed by atoms with Gasteiger partial charge in [-0.2, -0.15) is 0 Å². The van der Waals surface area contributed by atoms with Crippen LogP contribution in [-0.4, -0.2) is 13.7 Å². The Morgan fingerprint density at radius 2 is 0.703 bits per heavy atom. The fourth-order valence-electron chi connectivity index (χ4n) is 10.6. The Hall–Kier alpha value is -8.18. The Morgan fingerprint density at radius 3 is 1.33 bits per heavy atom. The quantitative estimate of drug-likeness (QED) is 0.164. The predicted octanol–water partition coefficient (Wildman–Crippen LogP) is 16.7.